The molecule has 0 aliphatic heterocycles. The van der Waals surface area contributed by atoms with Crippen LogP contribution in [0.25, 0.3) is 12.2 Å². The fraction of sp³-hybridized carbons (Fsp3) is 0. The summed E-state index contributed by atoms with van der Waals surface area (Å²) in [5.74, 6) is 0. The second-order valence-corrected chi connectivity index (χ2v) is 5.60. The average Bonchev–Trinajstić information content (AvgIpc) is 2.71. The monoisotopic (exact) mass is 272 g/mol. The SMILES string of the molecule is Brc1cnc(C=Cc2cncs2)s1. The highest BCUT2D eigenvalue weighted by Gasteiger charge is 1.94. The van der Waals surface area contributed by atoms with Gasteiger partial charge in [0.1, 0.15) is 5.01 Å². The van der Waals surface area contributed by atoms with E-state index in [-0.39, 0.29) is 0 Å². The fourth-order valence-corrected chi connectivity index (χ4v) is 2.46. The maximum absolute atomic E-state index is 4.18. The van der Waals surface area contributed by atoms with E-state index in [1.807, 2.05) is 23.9 Å². The van der Waals surface area contributed by atoms with Crippen molar-refractivity contribution in [3.63, 3.8) is 0 Å². The van der Waals surface area contributed by atoms with Gasteiger partial charge in [-0.3, -0.25) is 4.98 Å². The van der Waals surface area contributed by atoms with Crippen LogP contribution in [0.4, 0.5) is 0 Å². The summed E-state index contributed by atoms with van der Waals surface area (Å²) in [6.45, 7) is 0. The Kier molecular flexibility index (Phi) is 2.87. The molecule has 0 N–H and O–H groups in total. The molecule has 0 saturated carbocycles. The summed E-state index contributed by atoms with van der Waals surface area (Å²) in [6, 6.07) is 0. The van der Waals surface area contributed by atoms with Crippen LogP contribution in [0.2, 0.25) is 0 Å². The zero-order valence-corrected chi connectivity index (χ0v) is 9.69. The Bertz CT molecular complexity index is 405. The predicted octanol–water partition coefficient (Wildman–Crippen LogP) is 3.53. The lowest BCUT2D eigenvalue weighted by atomic mass is 10.4. The van der Waals surface area contributed by atoms with E-state index in [4.69, 9.17) is 0 Å². The maximum atomic E-state index is 4.18. The summed E-state index contributed by atoms with van der Waals surface area (Å²) in [5, 5.41) is 1.00. The van der Waals surface area contributed by atoms with Crippen LogP contribution in [0, 0.1) is 0 Å². The molecule has 2 aromatic heterocycles. The zero-order chi connectivity index (χ0) is 9.10. The van der Waals surface area contributed by atoms with Gasteiger partial charge in [-0.25, -0.2) is 4.98 Å². The van der Waals surface area contributed by atoms with Gasteiger partial charge in [0, 0.05) is 11.1 Å². The predicted molar refractivity (Wildman–Crippen MR) is 60.9 cm³/mol. The van der Waals surface area contributed by atoms with E-state index in [1.165, 1.54) is 0 Å². The van der Waals surface area contributed by atoms with Crippen LogP contribution in [0.1, 0.15) is 9.88 Å². The topological polar surface area (TPSA) is 25.8 Å². The van der Waals surface area contributed by atoms with Crippen molar-refractivity contribution in [1.29, 1.82) is 0 Å². The molecule has 0 spiro atoms. The second kappa shape index (κ2) is 4.13. The minimum atomic E-state index is 1.00. The van der Waals surface area contributed by atoms with E-state index < -0.39 is 0 Å². The summed E-state index contributed by atoms with van der Waals surface area (Å²) in [5.41, 5.74) is 1.82. The molecule has 0 saturated heterocycles. The molecule has 13 heavy (non-hydrogen) atoms. The summed E-state index contributed by atoms with van der Waals surface area (Å²) >= 11 is 6.59. The van der Waals surface area contributed by atoms with Crippen molar-refractivity contribution in [3.05, 3.63) is 31.6 Å². The van der Waals surface area contributed by atoms with Gasteiger partial charge in [-0.15, -0.1) is 22.7 Å². The van der Waals surface area contributed by atoms with Crippen molar-refractivity contribution in [2.24, 2.45) is 0 Å². The first kappa shape index (κ1) is 9.05. The Morgan fingerprint density at radius 3 is 2.85 bits per heavy atom. The third-order valence-electron chi connectivity index (χ3n) is 1.34. The van der Waals surface area contributed by atoms with E-state index in [0.29, 0.717) is 0 Å². The first-order valence-electron chi connectivity index (χ1n) is 3.52. The Hall–Kier alpha value is -0.520. The number of rotatable bonds is 2. The number of nitrogens with zero attached hydrogens (tertiary/aromatic N) is 2. The lowest BCUT2D eigenvalue weighted by Gasteiger charge is -1.80. The van der Waals surface area contributed by atoms with Gasteiger partial charge in [0.05, 0.1) is 15.5 Å². The van der Waals surface area contributed by atoms with E-state index in [2.05, 4.69) is 25.9 Å². The van der Waals surface area contributed by atoms with Crippen molar-refractivity contribution in [3.8, 4) is 0 Å². The third kappa shape index (κ3) is 2.46. The van der Waals surface area contributed by atoms with Gasteiger partial charge in [-0.1, -0.05) is 0 Å². The molecule has 2 nitrogen and oxygen atoms in total. The Labute approximate surface area is 92.1 Å². The lowest BCUT2D eigenvalue weighted by molar-refractivity contribution is 1.39. The normalized spacial score (nSPS) is 11.2. The van der Waals surface area contributed by atoms with Gasteiger partial charge < -0.3 is 0 Å². The number of thiazole rings is 2. The first-order valence-corrected chi connectivity index (χ1v) is 6.01. The molecule has 0 amide bonds. The highest BCUT2D eigenvalue weighted by molar-refractivity contribution is 9.11. The van der Waals surface area contributed by atoms with E-state index in [0.717, 1.165) is 13.7 Å². The second-order valence-electron chi connectivity index (χ2n) is 2.24. The number of halogens is 1. The smallest absolute Gasteiger partial charge is 0.117 e. The third-order valence-corrected chi connectivity index (χ3v) is 3.52. The van der Waals surface area contributed by atoms with Crippen LogP contribution in [0.5, 0.6) is 0 Å². The summed E-state index contributed by atoms with van der Waals surface area (Å²) in [4.78, 5) is 9.31. The standard InChI is InChI=1S/C8H5BrN2S2/c9-7-4-11-8(13-7)2-1-6-3-10-5-12-6/h1-5H. The quantitative estimate of drug-likeness (QED) is 0.836. The van der Waals surface area contributed by atoms with Gasteiger partial charge >= 0.3 is 0 Å². The van der Waals surface area contributed by atoms with E-state index in [1.54, 1.807) is 28.9 Å². The number of hydrogen-bond acceptors (Lipinski definition) is 4. The molecule has 5 heteroatoms. The van der Waals surface area contributed by atoms with Crippen LogP contribution in [-0.4, -0.2) is 9.97 Å². The molecular formula is C8H5BrN2S2. The lowest BCUT2D eigenvalue weighted by Crippen LogP contribution is -1.63. The number of aromatic nitrogens is 2. The minimum Gasteiger partial charge on any atom is -0.253 e. The fourth-order valence-electron chi connectivity index (χ4n) is 0.805. The molecule has 0 atom stereocenters. The molecule has 0 bridgehead atoms. The average molecular weight is 273 g/mol. The molecular weight excluding hydrogens is 268 g/mol. The largest absolute Gasteiger partial charge is 0.253 e. The van der Waals surface area contributed by atoms with Gasteiger partial charge in [-0.05, 0) is 28.1 Å². The van der Waals surface area contributed by atoms with Crippen molar-refractivity contribution < 1.29 is 0 Å². The minimum absolute atomic E-state index is 1.00. The number of hydrogen-bond donors (Lipinski definition) is 0. The molecule has 2 rings (SSSR count). The van der Waals surface area contributed by atoms with Crippen molar-refractivity contribution in [1.82, 2.24) is 9.97 Å². The molecule has 0 fully saturated rings. The summed E-state index contributed by atoms with van der Waals surface area (Å²) in [7, 11) is 0. The van der Waals surface area contributed by atoms with Crippen molar-refractivity contribution in [2.45, 2.75) is 0 Å². The van der Waals surface area contributed by atoms with Gasteiger partial charge in [-0.2, -0.15) is 0 Å². The van der Waals surface area contributed by atoms with Crippen LogP contribution >= 0.6 is 38.6 Å². The van der Waals surface area contributed by atoms with Crippen LogP contribution in [0.3, 0.4) is 0 Å². The molecule has 0 unspecified atom stereocenters. The van der Waals surface area contributed by atoms with E-state index in [9.17, 15) is 0 Å². The molecule has 0 radical (unpaired) electrons. The molecule has 0 aliphatic rings. The Balaban J connectivity index is 2.14. The highest BCUT2D eigenvalue weighted by atomic mass is 79.9. The van der Waals surface area contributed by atoms with Crippen LogP contribution in [0.15, 0.2) is 21.7 Å². The zero-order valence-electron chi connectivity index (χ0n) is 6.48. The molecule has 0 aliphatic carbocycles. The molecule has 66 valence electrons. The molecule has 2 aromatic rings. The van der Waals surface area contributed by atoms with Crippen LogP contribution < -0.4 is 0 Å². The molecule has 0 aromatic carbocycles. The van der Waals surface area contributed by atoms with Gasteiger partial charge in [0.2, 0.25) is 0 Å². The van der Waals surface area contributed by atoms with Crippen LogP contribution in [-0.2, 0) is 0 Å². The maximum Gasteiger partial charge on any atom is 0.117 e. The highest BCUT2D eigenvalue weighted by Crippen LogP contribution is 2.21. The van der Waals surface area contributed by atoms with E-state index >= 15 is 0 Å². The Morgan fingerprint density at radius 2 is 2.23 bits per heavy atom. The van der Waals surface area contributed by atoms with Gasteiger partial charge in [0.25, 0.3) is 0 Å². The summed E-state index contributed by atoms with van der Waals surface area (Å²) < 4.78 is 1.05. The Morgan fingerprint density at radius 1 is 1.31 bits per heavy atom. The van der Waals surface area contributed by atoms with Gasteiger partial charge in [0.15, 0.2) is 0 Å². The first-order chi connectivity index (χ1) is 6.34. The van der Waals surface area contributed by atoms with Crippen molar-refractivity contribution in [2.75, 3.05) is 0 Å². The molecule has 2 heterocycles. The summed E-state index contributed by atoms with van der Waals surface area (Å²) in [6.07, 6.45) is 7.65. The van der Waals surface area contributed by atoms with Crippen molar-refractivity contribution >= 4 is 50.8 Å².